The van der Waals surface area contributed by atoms with E-state index in [0.29, 0.717) is 22.2 Å². The predicted molar refractivity (Wildman–Crippen MR) is 117 cm³/mol. The molecular weight excluding hydrogens is 402 g/mol. The third kappa shape index (κ3) is 4.14. The normalized spacial score (nSPS) is 11.0. The molecule has 4 rings (SSSR count). The van der Waals surface area contributed by atoms with Gasteiger partial charge in [-0.2, -0.15) is 0 Å². The number of nitrogens with zero attached hydrogens (tertiary/aromatic N) is 1. The minimum absolute atomic E-state index is 0.214. The molecule has 3 heterocycles. The standard InChI is InChI=1S/C22H21N3O4S/c1-14-12-19(24-21(26)18-4-3-10-29-18)30-20(14)22(27)23-16-5-6-17-15(13-16)7-8-25(17)9-11-28-2/h3-8,10,12-13H,9,11H2,1-2H3,(H,23,27)(H,24,26). The summed E-state index contributed by atoms with van der Waals surface area (Å²) in [5, 5.41) is 7.33. The van der Waals surface area contributed by atoms with Crippen molar-refractivity contribution in [2.45, 2.75) is 13.5 Å². The maximum absolute atomic E-state index is 12.8. The van der Waals surface area contributed by atoms with Gasteiger partial charge in [0, 0.05) is 36.4 Å². The number of thiophene rings is 1. The molecule has 0 saturated carbocycles. The number of amides is 2. The number of aromatic nitrogens is 1. The molecule has 0 radical (unpaired) electrons. The number of methoxy groups -OCH3 is 1. The van der Waals surface area contributed by atoms with E-state index >= 15 is 0 Å². The molecule has 1 aromatic carbocycles. The first-order chi connectivity index (χ1) is 14.5. The van der Waals surface area contributed by atoms with E-state index in [4.69, 9.17) is 9.15 Å². The molecule has 0 aliphatic carbocycles. The second-order valence-electron chi connectivity index (χ2n) is 6.78. The molecule has 0 saturated heterocycles. The zero-order valence-corrected chi connectivity index (χ0v) is 17.4. The largest absolute Gasteiger partial charge is 0.459 e. The second kappa shape index (κ2) is 8.56. The highest BCUT2D eigenvalue weighted by molar-refractivity contribution is 7.18. The summed E-state index contributed by atoms with van der Waals surface area (Å²) in [6.45, 7) is 3.25. The van der Waals surface area contributed by atoms with Gasteiger partial charge < -0.3 is 24.4 Å². The minimum atomic E-state index is -0.350. The highest BCUT2D eigenvalue weighted by Crippen LogP contribution is 2.28. The molecule has 0 aliphatic rings. The number of nitrogens with one attached hydrogen (secondary N) is 2. The van der Waals surface area contributed by atoms with E-state index in [-0.39, 0.29) is 17.6 Å². The van der Waals surface area contributed by atoms with E-state index in [9.17, 15) is 9.59 Å². The van der Waals surface area contributed by atoms with Crippen LogP contribution < -0.4 is 10.6 Å². The van der Waals surface area contributed by atoms with Gasteiger partial charge in [0.15, 0.2) is 5.76 Å². The van der Waals surface area contributed by atoms with E-state index in [0.717, 1.165) is 23.0 Å². The average molecular weight is 423 g/mol. The number of aryl methyl sites for hydroxylation is 1. The zero-order chi connectivity index (χ0) is 21.1. The van der Waals surface area contributed by atoms with Crippen LogP contribution in [0.5, 0.6) is 0 Å². The van der Waals surface area contributed by atoms with Gasteiger partial charge in [-0.05, 0) is 55.0 Å². The molecule has 2 amide bonds. The second-order valence-corrected chi connectivity index (χ2v) is 7.84. The number of carbonyl (C=O) groups excluding carboxylic acids is 2. The van der Waals surface area contributed by atoms with Gasteiger partial charge in [0.05, 0.1) is 22.7 Å². The van der Waals surface area contributed by atoms with Crippen LogP contribution in [0.1, 0.15) is 25.8 Å². The van der Waals surface area contributed by atoms with Crippen LogP contribution >= 0.6 is 11.3 Å². The molecule has 7 nitrogen and oxygen atoms in total. The van der Waals surface area contributed by atoms with Gasteiger partial charge in [-0.1, -0.05) is 0 Å². The Labute approximate surface area is 177 Å². The van der Waals surface area contributed by atoms with Gasteiger partial charge in [0.25, 0.3) is 11.8 Å². The molecule has 0 spiro atoms. The topological polar surface area (TPSA) is 85.5 Å². The van der Waals surface area contributed by atoms with Gasteiger partial charge in [-0.25, -0.2) is 0 Å². The summed E-state index contributed by atoms with van der Waals surface area (Å²) in [6, 6.07) is 12.8. The van der Waals surface area contributed by atoms with E-state index in [1.165, 1.54) is 17.6 Å². The van der Waals surface area contributed by atoms with Gasteiger partial charge in [-0.15, -0.1) is 11.3 Å². The third-order valence-corrected chi connectivity index (χ3v) is 5.82. The van der Waals surface area contributed by atoms with Crippen LogP contribution in [0.25, 0.3) is 10.9 Å². The number of carbonyl (C=O) groups is 2. The fourth-order valence-electron chi connectivity index (χ4n) is 3.20. The van der Waals surface area contributed by atoms with Crippen molar-refractivity contribution >= 4 is 44.7 Å². The molecule has 0 bridgehead atoms. The predicted octanol–water partition coefficient (Wildman–Crippen LogP) is 4.76. The van der Waals surface area contributed by atoms with Crippen LogP contribution in [0.2, 0.25) is 0 Å². The van der Waals surface area contributed by atoms with E-state index in [1.54, 1.807) is 25.3 Å². The fourth-order valence-corrected chi connectivity index (χ4v) is 4.16. The van der Waals surface area contributed by atoms with Crippen molar-refractivity contribution in [3.8, 4) is 0 Å². The van der Waals surface area contributed by atoms with E-state index in [2.05, 4.69) is 15.2 Å². The molecule has 0 unspecified atom stereocenters. The minimum Gasteiger partial charge on any atom is -0.459 e. The highest BCUT2D eigenvalue weighted by Gasteiger charge is 2.17. The number of hydrogen-bond donors (Lipinski definition) is 2. The first kappa shape index (κ1) is 19.9. The van der Waals surface area contributed by atoms with Crippen molar-refractivity contribution in [3.05, 3.63) is 71.1 Å². The summed E-state index contributed by atoms with van der Waals surface area (Å²) < 4.78 is 12.3. The zero-order valence-electron chi connectivity index (χ0n) is 16.6. The lowest BCUT2D eigenvalue weighted by molar-refractivity contribution is 0.0995. The van der Waals surface area contributed by atoms with Gasteiger partial charge in [0.2, 0.25) is 0 Å². The summed E-state index contributed by atoms with van der Waals surface area (Å²) >= 11 is 1.23. The molecule has 2 N–H and O–H groups in total. The first-order valence-electron chi connectivity index (χ1n) is 9.39. The monoisotopic (exact) mass is 423 g/mol. The van der Waals surface area contributed by atoms with Crippen molar-refractivity contribution in [1.82, 2.24) is 4.57 Å². The van der Waals surface area contributed by atoms with Gasteiger partial charge in [0.1, 0.15) is 0 Å². The lowest BCUT2D eigenvalue weighted by atomic mass is 10.2. The molecule has 3 aromatic heterocycles. The Morgan fingerprint density at radius 2 is 2.00 bits per heavy atom. The van der Waals surface area contributed by atoms with Crippen molar-refractivity contribution in [3.63, 3.8) is 0 Å². The van der Waals surface area contributed by atoms with E-state index < -0.39 is 0 Å². The Bertz CT molecular complexity index is 1190. The number of furan rings is 1. The van der Waals surface area contributed by atoms with Crippen molar-refractivity contribution in [2.24, 2.45) is 0 Å². The first-order valence-corrected chi connectivity index (χ1v) is 10.2. The fraction of sp³-hybridized carbons (Fsp3) is 0.182. The number of hydrogen-bond acceptors (Lipinski definition) is 5. The van der Waals surface area contributed by atoms with Crippen LogP contribution in [-0.2, 0) is 11.3 Å². The number of fused-ring (bicyclic) bond motifs is 1. The summed E-state index contributed by atoms with van der Waals surface area (Å²) in [4.78, 5) is 25.5. The van der Waals surface area contributed by atoms with Crippen molar-refractivity contribution in [2.75, 3.05) is 24.4 Å². The summed E-state index contributed by atoms with van der Waals surface area (Å²) in [7, 11) is 1.68. The molecule has 8 heteroatoms. The van der Waals surface area contributed by atoms with Crippen LogP contribution in [0.4, 0.5) is 10.7 Å². The number of anilines is 2. The van der Waals surface area contributed by atoms with Gasteiger partial charge >= 0.3 is 0 Å². The van der Waals surface area contributed by atoms with Crippen LogP contribution in [-0.4, -0.2) is 30.1 Å². The van der Waals surface area contributed by atoms with E-state index in [1.807, 2.05) is 37.4 Å². The Morgan fingerprint density at radius 1 is 1.13 bits per heavy atom. The lowest BCUT2D eigenvalue weighted by Gasteiger charge is -2.07. The molecule has 154 valence electrons. The number of benzene rings is 1. The quantitative estimate of drug-likeness (QED) is 0.449. The highest BCUT2D eigenvalue weighted by atomic mass is 32.1. The lowest BCUT2D eigenvalue weighted by Crippen LogP contribution is -2.11. The Morgan fingerprint density at radius 3 is 2.77 bits per heavy atom. The van der Waals surface area contributed by atoms with Crippen LogP contribution in [0.3, 0.4) is 0 Å². The molecule has 0 atom stereocenters. The summed E-state index contributed by atoms with van der Waals surface area (Å²) in [5.41, 5.74) is 2.59. The van der Waals surface area contributed by atoms with Crippen molar-refractivity contribution < 1.29 is 18.7 Å². The third-order valence-electron chi connectivity index (χ3n) is 4.67. The maximum Gasteiger partial charge on any atom is 0.291 e. The Balaban J connectivity index is 1.47. The van der Waals surface area contributed by atoms with Crippen LogP contribution in [0, 0.1) is 6.92 Å². The van der Waals surface area contributed by atoms with Gasteiger partial charge in [-0.3, -0.25) is 9.59 Å². The molecule has 30 heavy (non-hydrogen) atoms. The number of rotatable bonds is 7. The molecule has 0 aliphatic heterocycles. The van der Waals surface area contributed by atoms with Crippen LogP contribution in [0.15, 0.2) is 59.3 Å². The van der Waals surface area contributed by atoms with Crippen molar-refractivity contribution in [1.29, 1.82) is 0 Å². The SMILES string of the molecule is COCCn1ccc2cc(NC(=O)c3sc(NC(=O)c4ccco4)cc3C)ccc21. The summed E-state index contributed by atoms with van der Waals surface area (Å²) in [5.74, 6) is -0.344. The molecule has 4 aromatic rings. The smallest absolute Gasteiger partial charge is 0.291 e. The summed E-state index contributed by atoms with van der Waals surface area (Å²) in [6.07, 6.45) is 3.45. The Hall–Kier alpha value is -3.36. The average Bonchev–Trinajstić information content (AvgIpc) is 3.46. The maximum atomic E-state index is 12.8. The molecular formula is C22H21N3O4S. The molecule has 0 fully saturated rings. The number of ether oxygens (including phenoxy) is 1. The Kier molecular flexibility index (Phi) is 5.69.